The van der Waals surface area contributed by atoms with Gasteiger partial charge in [-0.1, -0.05) is 48.5 Å². The van der Waals surface area contributed by atoms with Crippen molar-refractivity contribution in [3.63, 3.8) is 0 Å². The molecule has 3 rings (SSSR count). The van der Waals surface area contributed by atoms with Gasteiger partial charge in [-0.15, -0.1) is 0 Å². The normalized spacial score (nSPS) is 23.1. The molecule has 1 saturated heterocycles. The van der Waals surface area contributed by atoms with Gasteiger partial charge in [0.2, 0.25) is 0 Å². The average molecular weight is 626 g/mol. The van der Waals surface area contributed by atoms with Crippen LogP contribution in [0, 0.1) is 0 Å². The molecule has 1 heterocycles. The minimum atomic E-state index is -3.90. The number of hydrogen-bond acceptors (Lipinski definition) is 11. The molecule has 0 saturated carbocycles. The SMILES string of the molecule is CCOP(=O)(OCC)C(C[C@H]1O[C@H](OC)[C@H](OCOC)[C@@H](OCOC)[C@@H]1OCc1ccccc1)NC(=O)c1ccccc1. The molecule has 2 aromatic rings. The van der Waals surface area contributed by atoms with Crippen molar-refractivity contribution in [2.24, 2.45) is 0 Å². The van der Waals surface area contributed by atoms with Crippen LogP contribution in [0.5, 0.6) is 0 Å². The van der Waals surface area contributed by atoms with Crippen molar-refractivity contribution in [3.05, 3.63) is 71.8 Å². The number of rotatable bonds is 19. The highest BCUT2D eigenvalue weighted by atomic mass is 31.2. The molecule has 1 fully saturated rings. The van der Waals surface area contributed by atoms with Crippen molar-refractivity contribution < 1.29 is 51.6 Å². The van der Waals surface area contributed by atoms with Crippen molar-refractivity contribution in [1.82, 2.24) is 5.32 Å². The number of hydrogen-bond donors (Lipinski definition) is 1. The van der Waals surface area contributed by atoms with Gasteiger partial charge < -0.3 is 47.5 Å². The molecule has 13 heteroatoms. The highest BCUT2D eigenvalue weighted by Gasteiger charge is 2.51. The maximum Gasteiger partial charge on any atom is 0.352 e. The lowest BCUT2D eigenvalue weighted by molar-refractivity contribution is -0.330. The van der Waals surface area contributed by atoms with E-state index in [0.717, 1.165) is 5.56 Å². The average Bonchev–Trinajstić information content (AvgIpc) is 3.02. The summed E-state index contributed by atoms with van der Waals surface area (Å²) in [4.78, 5) is 13.3. The third-order valence-electron chi connectivity index (χ3n) is 6.65. The second kappa shape index (κ2) is 18.6. The minimum Gasteiger partial charge on any atom is -0.368 e. The summed E-state index contributed by atoms with van der Waals surface area (Å²) in [5, 5.41) is 2.88. The first-order chi connectivity index (χ1) is 20.9. The summed E-state index contributed by atoms with van der Waals surface area (Å²) in [5.74, 6) is -1.55. The maximum atomic E-state index is 14.2. The second-order valence-electron chi connectivity index (χ2n) is 9.58. The molecule has 6 atom stereocenters. The van der Waals surface area contributed by atoms with Crippen LogP contribution in [0.15, 0.2) is 60.7 Å². The van der Waals surface area contributed by atoms with Gasteiger partial charge >= 0.3 is 7.60 Å². The molecule has 0 bridgehead atoms. The Morgan fingerprint density at radius 1 is 0.837 bits per heavy atom. The van der Waals surface area contributed by atoms with E-state index in [-0.39, 0.29) is 39.8 Å². The Kier molecular flexibility index (Phi) is 15.2. The Morgan fingerprint density at radius 3 is 1.98 bits per heavy atom. The number of methoxy groups -OCH3 is 3. The zero-order chi connectivity index (χ0) is 31.1. The van der Waals surface area contributed by atoms with E-state index in [2.05, 4.69) is 5.32 Å². The van der Waals surface area contributed by atoms with Crippen molar-refractivity contribution >= 4 is 13.5 Å². The molecule has 0 radical (unpaired) electrons. The van der Waals surface area contributed by atoms with Crippen LogP contribution >= 0.6 is 7.60 Å². The molecule has 1 unspecified atom stereocenters. The lowest BCUT2D eigenvalue weighted by atomic mass is 9.95. The number of carbonyl (C=O) groups is 1. The Bertz CT molecular complexity index is 1100. The van der Waals surface area contributed by atoms with Crippen LogP contribution in [0.25, 0.3) is 0 Å². The van der Waals surface area contributed by atoms with E-state index in [1.165, 1.54) is 21.3 Å². The van der Waals surface area contributed by atoms with Crippen molar-refractivity contribution in [3.8, 4) is 0 Å². The van der Waals surface area contributed by atoms with Crippen LogP contribution in [-0.4, -0.2) is 90.5 Å². The smallest absolute Gasteiger partial charge is 0.352 e. The van der Waals surface area contributed by atoms with Crippen molar-refractivity contribution in [1.29, 1.82) is 0 Å². The summed E-state index contributed by atoms with van der Waals surface area (Å²) >= 11 is 0. The van der Waals surface area contributed by atoms with E-state index >= 15 is 0 Å². The van der Waals surface area contributed by atoms with Gasteiger partial charge in [-0.3, -0.25) is 9.36 Å². The van der Waals surface area contributed by atoms with E-state index in [1.54, 1.807) is 44.2 Å². The van der Waals surface area contributed by atoms with E-state index in [4.69, 9.17) is 42.2 Å². The van der Waals surface area contributed by atoms with Crippen LogP contribution in [0.4, 0.5) is 0 Å². The van der Waals surface area contributed by atoms with Crippen LogP contribution in [-0.2, 0) is 53.4 Å². The Labute approximate surface area is 253 Å². The molecule has 43 heavy (non-hydrogen) atoms. The van der Waals surface area contributed by atoms with Gasteiger partial charge in [-0.05, 0) is 31.5 Å². The van der Waals surface area contributed by atoms with E-state index in [0.29, 0.717) is 5.56 Å². The highest BCUT2D eigenvalue weighted by Crippen LogP contribution is 2.54. The third kappa shape index (κ3) is 10.2. The molecular formula is C30H44NO11P. The van der Waals surface area contributed by atoms with Crippen molar-refractivity contribution in [2.45, 2.75) is 63.4 Å². The third-order valence-corrected chi connectivity index (χ3v) is 8.99. The second-order valence-corrected chi connectivity index (χ2v) is 11.8. The van der Waals surface area contributed by atoms with Gasteiger partial charge in [0.1, 0.15) is 37.7 Å². The summed E-state index contributed by atoms with van der Waals surface area (Å²) in [6, 6.07) is 18.2. The number of amides is 1. The number of carbonyl (C=O) groups excluding carboxylic acids is 1. The predicted octanol–water partition coefficient (Wildman–Crippen LogP) is 4.33. The van der Waals surface area contributed by atoms with Crippen LogP contribution in [0.2, 0.25) is 0 Å². The molecule has 0 aromatic heterocycles. The Hall–Kier alpha value is -2.22. The molecule has 1 aliphatic heterocycles. The zero-order valence-corrected chi connectivity index (χ0v) is 26.3. The first-order valence-corrected chi connectivity index (χ1v) is 15.8. The first-order valence-electron chi connectivity index (χ1n) is 14.2. The summed E-state index contributed by atoms with van der Waals surface area (Å²) < 4.78 is 66.5. The van der Waals surface area contributed by atoms with E-state index in [1.807, 2.05) is 30.3 Å². The summed E-state index contributed by atoms with van der Waals surface area (Å²) in [5.41, 5.74) is 1.30. The lowest BCUT2D eigenvalue weighted by Crippen LogP contribution is -2.61. The minimum absolute atomic E-state index is 0.0288. The van der Waals surface area contributed by atoms with E-state index in [9.17, 15) is 9.36 Å². The monoisotopic (exact) mass is 625 g/mol. The quantitative estimate of drug-likeness (QED) is 0.177. The predicted molar refractivity (Wildman–Crippen MR) is 157 cm³/mol. The molecule has 0 spiro atoms. The van der Waals surface area contributed by atoms with Gasteiger partial charge in [-0.2, -0.15) is 0 Å². The van der Waals surface area contributed by atoms with Gasteiger partial charge in [-0.25, -0.2) is 0 Å². The maximum absolute atomic E-state index is 14.2. The molecule has 2 aromatic carbocycles. The summed E-state index contributed by atoms with van der Waals surface area (Å²) in [6.07, 6.45) is -4.13. The van der Waals surface area contributed by atoms with Gasteiger partial charge in [0.05, 0.1) is 25.9 Å². The molecular weight excluding hydrogens is 581 g/mol. The number of benzene rings is 2. The first kappa shape index (κ1) is 35.3. The fourth-order valence-corrected chi connectivity index (χ4v) is 6.67. The zero-order valence-electron chi connectivity index (χ0n) is 25.4. The summed E-state index contributed by atoms with van der Waals surface area (Å²) in [6.45, 7) is 3.69. The molecule has 1 amide bonds. The van der Waals surface area contributed by atoms with Gasteiger partial charge in [0.25, 0.3) is 5.91 Å². The van der Waals surface area contributed by atoms with Gasteiger partial charge in [0, 0.05) is 33.3 Å². The molecule has 1 aliphatic rings. The fourth-order valence-electron chi connectivity index (χ4n) is 4.77. The van der Waals surface area contributed by atoms with Crippen LogP contribution in [0.1, 0.15) is 36.2 Å². The Morgan fingerprint density at radius 2 is 1.42 bits per heavy atom. The van der Waals surface area contributed by atoms with Crippen LogP contribution in [0.3, 0.4) is 0 Å². The summed E-state index contributed by atoms with van der Waals surface area (Å²) in [7, 11) is 0.581. The highest BCUT2D eigenvalue weighted by molar-refractivity contribution is 7.54. The van der Waals surface area contributed by atoms with Gasteiger partial charge in [0.15, 0.2) is 6.29 Å². The standard InChI is InChI=1S/C30H44NO11P/c1-6-40-43(33,41-7-2)25(31-29(32)23-16-12-9-13-17-23)18-24-26(37-19-22-14-10-8-11-15-22)27(38-20-34-3)28(39-21-35-4)30(36-5)42-24/h8-17,24-28,30H,6-7,18-21H2,1-5H3,(H,31,32)/t24-,25?,26-,27+,28-,30+/m1/s1. The molecule has 12 nitrogen and oxygen atoms in total. The van der Waals surface area contributed by atoms with Crippen molar-refractivity contribution in [2.75, 3.05) is 48.1 Å². The lowest BCUT2D eigenvalue weighted by Gasteiger charge is -2.46. The topological polar surface area (TPSA) is 129 Å². The molecule has 240 valence electrons. The number of ether oxygens (including phenoxy) is 7. The molecule has 0 aliphatic carbocycles. The number of nitrogens with one attached hydrogen (secondary N) is 1. The Balaban J connectivity index is 2.01. The fraction of sp³-hybridized carbons (Fsp3) is 0.567. The van der Waals surface area contributed by atoms with E-state index < -0.39 is 50.0 Å². The molecule has 1 N–H and O–H groups in total. The van der Waals surface area contributed by atoms with Crippen LogP contribution < -0.4 is 5.32 Å². The largest absolute Gasteiger partial charge is 0.368 e.